The molecule has 122 valence electrons. The lowest BCUT2D eigenvalue weighted by Gasteiger charge is -2.22. The molecule has 6 heteroatoms. The molecular weight excluding hydrogens is 320 g/mol. The van der Waals surface area contributed by atoms with Crippen molar-refractivity contribution in [2.45, 2.75) is 47.0 Å². The Morgan fingerprint density at radius 3 is 2.18 bits per heavy atom. The number of amides is 1. The lowest BCUT2D eigenvalue weighted by Crippen LogP contribution is -2.41. The highest BCUT2D eigenvalue weighted by molar-refractivity contribution is 7.80. The van der Waals surface area contributed by atoms with Gasteiger partial charge in [0.1, 0.15) is 0 Å². The van der Waals surface area contributed by atoms with Crippen LogP contribution in [-0.4, -0.2) is 16.1 Å². The van der Waals surface area contributed by atoms with Gasteiger partial charge in [-0.2, -0.15) is 0 Å². The summed E-state index contributed by atoms with van der Waals surface area (Å²) < 4.78 is 0. The Labute approximate surface area is 142 Å². The summed E-state index contributed by atoms with van der Waals surface area (Å²) in [7, 11) is 0. The van der Waals surface area contributed by atoms with Crippen molar-refractivity contribution in [1.29, 1.82) is 0 Å². The van der Waals surface area contributed by atoms with Gasteiger partial charge in [-0.3, -0.25) is 4.79 Å². The molecule has 1 amide bonds. The van der Waals surface area contributed by atoms with Crippen LogP contribution in [0.3, 0.4) is 0 Å². The summed E-state index contributed by atoms with van der Waals surface area (Å²) in [5, 5.41) is 15.9. The zero-order chi connectivity index (χ0) is 17.3. The Kier molecular flexibility index (Phi) is 5.47. The summed E-state index contributed by atoms with van der Waals surface area (Å²) in [6.45, 7) is 11.5. The molecule has 0 saturated heterocycles. The molecule has 0 unspecified atom stereocenters. The largest absolute Gasteiger partial charge is 0.504 e. The first-order valence-corrected chi connectivity index (χ1v) is 7.76. The maximum atomic E-state index is 11.9. The molecule has 0 saturated carbocycles. The molecule has 1 aromatic rings. The van der Waals surface area contributed by atoms with Crippen LogP contribution in [0.15, 0.2) is 12.1 Å². The van der Waals surface area contributed by atoms with Gasteiger partial charge in [-0.15, -0.1) is 0 Å². The predicted molar refractivity (Wildman–Crippen MR) is 95.6 cm³/mol. The SMILES string of the molecule is CC(C)(C)C(=O)NC(=S)Nc1cc(C(C)(C)C)cc(Cl)c1O. The van der Waals surface area contributed by atoms with Crippen LogP contribution < -0.4 is 10.6 Å². The molecule has 0 aliphatic heterocycles. The van der Waals surface area contributed by atoms with Gasteiger partial charge >= 0.3 is 0 Å². The van der Waals surface area contributed by atoms with Crippen LogP contribution in [0.1, 0.15) is 47.1 Å². The van der Waals surface area contributed by atoms with Crippen molar-refractivity contribution in [3.05, 3.63) is 22.7 Å². The maximum Gasteiger partial charge on any atom is 0.231 e. The number of hydrogen-bond donors (Lipinski definition) is 3. The number of nitrogens with one attached hydrogen (secondary N) is 2. The van der Waals surface area contributed by atoms with Crippen LogP contribution >= 0.6 is 23.8 Å². The lowest BCUT2D eigenvalue weighted by atomic mass is 9.87. The number of carbonyl (C=O) groups excluding carboxylic acids is 1. The molecule has 1 aromatic carbocycles. The predicted octanol–water partition coefficient (Wildman–Crippen LogP) is 4.20. The Hall–Kier alpha value is -1.33. The van der Waals surface area contributed by atoms with E-state index >= 15 is 0 Å². The molecule has 0 aromatic heterocycles. The second-order valence-electron chi connectivity index (χ2n) is 7.26. The lowest BCUT2D eigenvalue weighted by molar-refractivity contribution is -0.126. The standard InChI is InChI=1S/C16H23ClN2O2S/c1-15(2,3)9-7-10(17)12(20)11(8-9)18-14(22)19-13(21)16(4,5)6/h7-8,20H,1-6H3,(H2,18,19,21,22). The zero-order valence-corrected chi connectivity index (χ0v) is 15.4. The third-order valence-corrected chi connectivity index (χ3v) is 3.58. The molecule has 0 spiro atoms. The third kappa shape index (κ3) is 4.85. The van der Waals surface area contributed by atoms with Crippen LogP contribution in [0.5, 0.6) is 5.75 Å². The van der Waals surface area contributed by atoms with Gasteiger partial charge in [0.15, 0.2) is 10.9 Å². The molecule has 0 aliphatic carbocycles. The second-order valence-corrected chi connectivity index (χ2v) is 8.08. The van der Waals surface area contributed by atoms with Gasteiger partial charge in [-0.05, 0) is 35.3 Å². The fourth-order valence-corrected chi connectivity index (χ4v) is 1.99. The monoisotopic (exact) mass is 342 g/mol. The summed E-state index contributed by atoms with van der Waals surface area (Å²) in [4.78, 5) is 11.9. The molecular formula is C16H23ClN2O2S. The Morgan fingerprint density at radius 2 is 1.73 bits per heavy atom. The van der Waals surface area contributed by atoms with Gasteiger partial charge in [0, 0.05) is 5.41 Å². The van der Waals surface area contributed by atoms with Crippen molar-refractivity contribution in [3.8, 4) is 5.75 Å². The maximum absolute atomic E-state index is 11.9. The second kappa shape index (κ2) is 6.42. The Bertz CT molecular complexity index is 601. The van der Waals surface area contributed by atoms with E-state index in [1.54, 1.807) is 32.9 Å². The number of phenols is 1. The van der Waals surface area contributed by atoms with Gasteiger partial charge in [-0.1, -0.05) is 53.1 Å². The minimum atomic E-state index is -0.557. The Morgan fingerprint density at radius 1 is 1.18 bits per heavy atom. The first-order chi connectivity index (χ1) is 9.82. The molecule has 0 radical (unpaired) electrons. The van der Waals surface area contributed by atoms with Crippen molar-refractivity contribution < 1.29 is 9.90 Å². The van der Waals surface area contributed by atoms with Crippen LogP contribution in [0.2, 0.25) is 5.02 Å². The van der Waals surface area contributed by atoms with Gasteiger partial charge in [0.25, 0.3) is 0 Å². The van der Waals surface area contributed by atoms with E-state index in [-0.39, 0.29) is 27.2 Å². The van der Waals surface area contributed by atoms with Gasteiger partial charge in [0.2, 0.25) is 5.91 Å². The minimum absolute atomic E-state index is 0.0953. The van der Waals surface area contributed by atoms with Gasteiger partial charge in [-0.25, -0.2) is 0 Å². The van der Waals surface area contributed by atoms with Crippen molar-refractivity contribution in [1.82, 2.24) is 5.32 Å². The highest BCUT2D eigenvalue weighted by Gasteiger charge is 2.23. The molecule has 4 nitrogen and oxygen atoms in total. The van der Waals surface area contributed by atoms with Crippen molar-refractivity contribution in [2.24, 2.45) is 5.41 Å². The number of benzene rings is 1. The zero-order valence-electron chi connectivity index (χ0n) is 13.8. The molecule has 0 aliphatic rings. The highest BCUT2D eigenvalue weighted by Crippen LogP contribution is 2.37. The summed E-state index contributed by atoms with van der Waals surface area (Å²) >= 11 is 11.2. The van der Waals surface area contributed by atoms with Crippen molar-refractivity contribution in [2.75, 3.05) is 5.32 Å². The van der Waals surface area contributed by atoms with Crippen LogP contribution in [-0.2, 0) is 10.2 Å². The number of halogens is 1. The van der Waals surface area contributed by atoms with E-state index in [2.05, 4.69) is 10.6 Å². The normalized spacial score (nSPS) is 12.0. The van der Waals surface area contributed by atoms with Gasteiger partial charge in [0.05, 0.1) is 10.7 Å². The van der Waals surface area contributed by atoms with Crippen molar-refractivity contribution >= 4 is 40.5 Å². The number of hydrogen-bond acceptors (Lipinski definition) is 3. The van der Waals surface area contributed by atoms with E-state index in [1.165, 1.54) is 0 Å². The van der Waals surface area contributed by atoms with E-state index < -0.39 is 5.41 Å². The number of anilines is 1. The van der Waals surface area contributed by atoms with E-state index in [9.17, 15) is 9.90 Å². The average molecular weight is 343 g/mol. The van der Waals surface area contributed by atoms with E-state index in [0.717, 1.165) is 5.56 Å². The fourth-order valence-electron chi connectivity index (χ4n) is 1.57. The molecule has 0 fully saturated rings. The van der Waals surface area contributed by atoms with E-state index in [1.807, 2.05) is 20.8 Å². The third-order valence-electron chi connectivity index (χ3n) is 3.09. The quantitative estimate of drug-likeness (QED) is 0.528. The summed E-state index contributed by atoms with van der Waals surface area (Å²) in [5.41, 5.74) is 0.627. The van der Waals surface area contributed by atoms with Gasteiger partial charge < -0.3 is 15.7 Å². The molecule has 1 rings (SSSR count). The number of rotatable bonds is 1. The Balaban J connectivity index is 3.01. The molecule has 3 N–H and O–H groups in total. The fraction of sp³-hybridized carbons (Fsp3) is 0.500. The molecule has 22 heavy (non-hydrogen) atoms. The molecule has 0 atom stereocenters. The topological polar surface area (TPSA) is 61.4 Å². The molecule has 0 bridgehead atoms. The highest BCUT2D eigenvalue weighted by atomic mass is 35.5. The van der Waals surface area contributed by atoms with Crippen LogP contribution in [0, 0.1) is 5.41 Å². The van der Waals surface area contributed by atoms with E-state index in [0.29, 0.717) is 5.69 Å². The van der Waals surface area contributed by atoms with Crippen LogP contribution in [0.4, 0.5) is 5.69 Å². The number of phenolic OH excluding ortho intramolecular Hbond substituents is 1. The number of aromatic hydroxyl groups is 1. The first kappa shape index (κ1) is 18.7. The summed E-state index contributed by atoms with van der Waals surface area (Å²) in [5.74, 6) is -0.301. The smallest absolute Gasteiger partial charge is 0.231 e. The van der Waals surface area contributed by atoms with E-state index in [4.69, 9.17) is 23.8 Å². The number of thiocarbonyl (C=S) groups is 1. The minimum Gasteiger partial charge on any atom is -0.504 e. The first-order valence-electron chi connectivity index (χ1n) is 6.98. The molecule has 0 heterocycles. The van der Waals surface area contributed by atoms with Crippen LogP contribution in [0.25, 0.3) is 0 Å². The average Bonchev–Trinajstić information content (AvgIpc) is 2.32. The van der Waals surface area contributed by atoms with Crippen molar-refractivity contribution in [3.63, 3.8) is 0 Å². The summed E-state index contributed by atoms with van der Waals surface area (Å²) in [6, 6.07) is 3.50. The number of carbonyl (C=O) groups is 1. The summed E-state index contributed by atoms with van der Waals surface area (Å²) in [6.07, 6.45) is 0.